The summed E-state index contributed by atoms with van der Waals surface area (Å²) in [4.78, 5) is 11.3. The van der Waals surface area contributed by atoms with Crippen LogP contribution in [0.25, 0.3) is 0 Å². The first-order valence-corrected chi connectivity index (χ1v) is 7.96. The van der Waals surface area contributed by atoms with Gasteiger partial charge in [-0.15, -0.1) is 0 Å². The van der Waals surface area contributed by atoms with Crippen LogP contribution < -0.4 is 0 Å². The molecule has 2 heterocycles. The normalized spacial score (nSPS) is 38.1. The Morgan fingerprint density at radius 2 is 2.20 bits per heavy atom. The van der Waals surface area contributed by atoms with E-state index in [-0.39, 0.29) is 18.0 Å². The zero-order valence-electron chi connectivity index (χ0n) is 13.1. The highest BCUT2D eigenvalue weighted by atomic mass is 16.5. The van der Waals surface area contributed by atoms with Gasteiger partial charge < -0.3 is 14.3 Å². The molecule has 0 radical (unpaired) electrons. The third-order valence-electron chi connectivity index (χ3n) is 4.82. The maximum Gasteiger partial charge on any atom is 0.130 e. The molecule has 0 aromatic heterocycles. The number of ketones is 1. The molecule has 2 aliphatic rings. The third kappa shape index (κ3) is 3.70. The number of Topliss-reactive ketones (excluding diaryl/α,β-unsaturated/α-hetero) is 1. The van der Waals surface area contributed by atoms with Gasteiger partial charge in [-0.1, -0.05) is 20.4 Å². The highest BCUT2D eigenvalue weighted by Crippen LogP contribution is 2.36. The van der Waals surface area contributed by atoms with Crippen molar-refractivity contribution in [2.75, 3.05) is 6.61 Å². The SMILES string of the molecule is C=C1[C@H](C)C[C@H](CC)O[C@@H]1C[C@@H]1OCC[C@H]1CC(C)=O. The average molecular weight is 280 g/mol. The molecule has 0 amide bonds. The standard InChI is InChI=1S/C17H28O3/c1-5-15-8-11(2)13(4)16(20-15)10-17-14(6-7-19-17)9-12(3)18/h11,14-17H,4-10H2,1-3H3/t11-,14+,15+,16-,17+/m1/s1. The maximum absolute atomic E-state index is 11.3. The van der Waals surface area contributed by atoms with Crippen molar-refractivity contribution in [2.45, 2.75) is 71.2 Å². The van der Waals surface area contributed by atoms with E-state index >= 15 is 0 Å². The van der Waals surface area contributed by atoms with Crippen molar-refractivity contribution in [3.05, 3.63) is 12.2 Å². The molecule has 0 aromatic rings. The van der Waals surface area contributed by atoms with E-state index in [9.17, 15) is 4.79 Å². The van der Waals surface area contributed by atoms with Gasteiger partial charge in [-0.05, 0) is 43.6 Å². The van der Waals surface area contributed by atoms with Crippen LogP contribution in [0.4, 0.5) is 0 Å². The van der Waals surface area contributed by atoms with Crippen molar-refractivity contribution < 1.29 is 14.3 Å². The minimum absolute atomic E-state index is 0.0984. The fraction of sp³-hybridized carbons (Fsp3) is 0.824. The summed E-state index contributed by atoms with van der Waals surface area (Å²) in [6, 6.07) is 0. The Balaban J connectivity index is 1.96. The molecular formula is C17H28O3. The Bertz CT molecular complexity index is 363. The molecule has 0 spiro atoms. The molecule has 3 nitrogen and oxygen atoms in total. The van der Waals surface area contributed by atoms with Crippen molar-refractivity contribution in [3.63, 3.8) is 0 Å². The Kier molecular flexibility index (Phi) is 5.39. The van der Waals surface area contributed by atoms with E-state index in [0.29, 0.717) is 24.4 Å². The van der Waals surface area contributed by atoms with Gasteiger partial charge in [0.15, 0.2) is 0 Å². The van der Waals surface area contributed by atoms with E-state index in [1.807, 2.05) is 0 Å². The lowest BCUT2D eigenvalue weighted by Crippen LogP contribution is -2.37. The van der Waals surface area contributed by atoms with Crippen molar-refractivity contribution >= 4 is 5.78 Å². The number of hydrogen-bond donors (Lipinski definition) is 0. The fourth-order valence-electron chi connectivity index (χ4n) is 3.48. The summed E-state index contributed by atoms with van der Waals surface area (Å²) in [7, 11) is 0. The van der Waals surface area contributed by atoms with Crippen LogP contribution in [-0.4, -0.2) is 30.7 Å². The smallest absolute Gasteiger partial charge is 0.130 e. The van der Waals surface area contributed by atoms with Crippen LogP contribution >= 0.6 is 0 Å². The molecule has 2 rings (SSSR count). The molecule has 0 saturated carbocycles. The highest BCUT2D eigenvalue weighted by molar-refractivity contribution is 5.75. The molecule has 5 atom stereocenters. The van der Waals surface area contributed by atoms with Gasteiger partial charge >= 0.3 is 0 Å². The van der Waals surface area contributed by atoms with Crippen molar-refractivity contribution in [3.8, 4) is 0 Å². The second-order valence-corrected chi connectivity index (χ2v) is 6.47. The fourth-order valence-corrected chi connectivity index (χ4v) is 3.48. The number of rotatable bonds is 5. The molecule has 2 aliphatic heterocycles. The Labute approximate surface area is 122 Å². The lowest BCUT2D eigenvalue weighted by molar-refractivity contribution is -0.118. The van der Waals surface area contributed by atoms with Gasteiger partial charge in [-0.25, -0.2) is 0 Å². The van der Waals surface area contributed by atoms with Crippen LogP contribution in [0.1, 0.15) is 52.9 Å². The monoisotopic (exact) mass is 280 g/mol. The summed E-state index contributed by atoms with van der Waals surface area (Å²) in [5.41, 5.74) is 1.20. The van der Waals surface area contributed by atoms with Crippen molar-refractivity contribution in [2.24, 2.45) is 11.8 Å². The zero-order valence-corrected chi connectivity index (χ0v) is 13.1. The van der Waals surface area contributed by atoms with Gasteiger partial charge in [0.25, 0.3) is 0 Å². The average Bonchev–Trinajstić information content (AvgIpc) is 2.81. The van der Waals surface area contributed by atoms with Gasteiger partial charge in [0.05, 0.1) is 18.3 Å². The van der Waals surface area contributed by atoms with E-state index < -0.39 is 0 Å². The van der Waals surface area contributed by atoms with Crippen LogP contribution in [0.5, 0.6) is 0 Å². The zero-order chi connectivity index (χ0) is 14.7. The topological polar surface area (TPSA) is 35.5 Å². The molecule has 0 aliphatic carbocycles. The highest BCUT2D eigenvalue weighted by Gasteiger charge is 2.36. The van der Waals surface area contributed by atoms with E-state index in [4.69, 9.17) is 9.47 Å². The summed E-state index contributed by atoms with van der Waals surface area (Å²) >= 11 is 0. The first-order chi connectivity index (χ1) is 9.51. The Morgan fingerprint density at radius 1 is 1.45 bits per heavy atom. The van der Waals surface area contributed by atoms with Crippen LogP contribution in [0.3, 0.4) is 0 Å². The van der Waals surface area contributed by atoms with Crippen molar-refractivity contribution in [1.82, 2.24) is 0 Å². The van der Waals surface area contributed by atoms with Crippen LogP contribution in [0, 0.1) is 11.8 Å². The molecule has 114 valence electrons. The first-order valence-electron chi connectivity index (χ1n) is 7.96. The minimum atomic E-state index is 0.0984. The van der Waals surface area contributed by atoms with Crippen molar-refractivity contribution in [1.29, 1.82) is 0 Å². The lowest BCUT2D eigenvalue weighted by atomic mass is 9.83. The molecule has 20 heavy (non-hydrogen) atoms. The molecule has 0 unspecified atom stereocenters. The predicted molar refractivity (Wildman–Crippen MR) is 79.6 cm³/mol. The third-order valence-corrected chi connectivity index (χ3v) is 4.82. The number of carbonyl (C=O) groups excluding carboxylic acids is 1. The lowest BCUT2D eigenvalue weighted by Gasteiger charge is -2.37. The predicted octanol–water partition coefficient (Wildman–Crippen LogP) is 3.52. The maximum atomic E-state index is 11.3. The molecular weight excluding hydrogens is 252 g/mol. The van der Waals surface area contributed by atoms with E-state index in [0.717, 1.165) is 32.3 Å². The van der Waals surface area contributed by atoms with Gasteiger partial charge in [-0.2, -0.15) is 0 Å². The molecule has 3 heteroatoms. The second kappa shape index (κ2) is 6.86. The van der Waals surface area contributed by atoms with Gasteiger partial charge in [0, 0.05) is 19.4 Å². The molecule has 2 fully saturated rings. The van der Waals surface area contributed by atoms with Gasteiger partial charge in [0.1, 0.15) is 5.78 Å². The Morgan fingerprint density at radius 3 is 2.85 bits per heavy atom. The molecule has 0 bridgehead atoms. The van der Waals surface area contributed by atoms with Crippen LogP contribution in [0.2, 0.25) is 0 Å². The van der Waals surface area contributed by atoms with Gasteiger partial charge in [0.2, 0.25) is 0 Å². The number of carbonyl (C=O) groups is 1. The number of ether oxygens (including phenoxy) is 2. The molecule has 0 aromatic carbocycles. The molecule has 0 N–H and O–H groups in total. The van der Waals surface area contributed by atoms with Crippen LogP contribution in [0.15, 0.2) is 12.2 Å². The van der Waals surface area contributed by atoms with Crippen LogP contribution in [-0.2, 0) is 14.3 Å². The molecule has 2 saturated heterocycles. The largest absolute Gasteiger partial charge is 0.378 e. The summed E-state index contributed by atoms with van der Waals surface area (Å²) in [6.07, 6.45) is 5.22. The number of hydrogen-bond acceptors (Lipinski definition) is 3. The summed E-state index contributed by atoms with van der Waals surface area (Å²) < 4.78 is 12.0. The van der Waals surface area contributed by atoms with E-state index in [1.165, 1.54) is 5.57 Å². The summed E-state index contributed by atoms with van der Waals surface area (Å²) in [6.45, 7) is 11.1. The second-order valence-electron chi connectivity index (χ2n) is 6.47. The quantitative estimate of drug-likeness (QED) is 0.723. The minimum Gasteiger partial charge on any atom is -0.378 e. The Hall–Kier alpha value is -0.670. The summed E-state index contributed by atoms with van der Waals surface area (Å²) in [5, 5.41) is 0. The van der Waals surface area contributed by atoms with Gasteiger partial charge in [-0.3, -0.25) is 0 Å². The van der Waals surface area contributed by atoms with E-state index in [2.05, 4.69) is 20.4 Å². The summed E-state index contributed by atoms with van der Waals surface area (Å²) in [5.74, 6) is 1.14. The van der Waals surface area contributed by atoms with E-state index in [1.54, 1.807) is 6.92 Å². The first kappa shape index (κ1) is 15.7.